The van der Waals surface area contributed by atoms with E-state index in [0.717, 1.165) is 41.7 Å². The average Bonchev–Trinajstić information content (AvgIpc) is 3.08. The van der Waals surface area contributed by atoms with E-state index in [2.05, 4.69) is 34.2 Å². The fraction of sp³-hybridized carbons (Fsp3) is 0.250. The van der Waals surface area contributed by atoms with Crippen LogP contribution in [0.5, 0.6) is 5.75 Å². The second-order valence-corrected chi connectivity index (χ2v) is 6.38. The largest absolute Gasteiger partial charge is 0.491 e. The molecule has 0 aliphatic carbocycles. The highest BCUT2D eigenvalue weighted by Crippen LogP contribution is 2.46. The van der Waals surface area contributed by atoms with Crippen molar-refractivity contribution in [1.82, 2.24) is 4.90 Å². The molecule has 0 spiro atoms. The quantitative estimate of drug-likeness (QED) is 0.740. The fourth-order valence-corrected chi connectivity index (χ4v) is 4.33. The lowest BCUT2D eigenvalue weighted by Crippen LogP contribution is -2.30. The molecular formula is C16H14ClN3OS. The molecular weight excluding hydrogens is 318 g/mol. The number of benzene rings is 1. The summed E-state index contributed by atoms with van der Waals surface area (Å²) in [5.74, 6) is 2.08. The van der Waals surface area contributed by atoms with E-state index in [0.29, 0.717) is 6.61 Å². The zero-order chi connectivity index (χ0) is 13.8. The maximum Gasteiger partial charge on any atom is 0.147 e. The van der Waals surface area contributed by atoms with E-state index in [1.165, 1.54) is 15.7 Å². The van der Waals surface area contributed by atoms with Crippen LogP contribution in [0.2, 0.25) is 0 Å². The van der Waals surface area contributed by atoms with Crippen LogP contribution in [0.1, 0.15) is 11.3 Å². The van der Waals surface area contributed by atoms with Crippen molar-refractivity contribution < 1.29 is 4.74 Å². The number of hydrogen-bond donors (Lipinski definition) is 0. The van der Waals surface area contributed by atoms with Gasteiger partial charge in [-0.2, -0.15) is 0 Å². The topological polar surface area (TPSA) is 37.2 Å². The predicted octanol–water partition coefficient (Wildman–Crippen LogP) is 3.57. The van der Waals surface area contributed by atoms with Gasteiger partial charge in [-0.25, -0.2) is 4.99 Å². The van der Waals surface area contributed by atoms with Gasteiger partial charge in [0.15, 0.2) is 0 Å². The molecule has 0 bridgehead atoms. The van der Waals surface area contributed by atoms with E-state index < -0.39 is 0 Å². The maximum atomic E-state index is 6.06. The number of hydrogen-bond acceptors (Lipinski definition) is 5. The van der Waals surface area contributed by atoms with Crippen LogP contribution >= 0.6 is 23.7 Å². The third kappa shape index (κ3) is 1.82. The van der Waals surface area contributed by atoms with Gasteiger partial charge in [0, 0.05) is 28.6 Å². The molecule has 22 heavy (non-hydrogen) atoms. The van der Waals surface area contributed by atoms with Gasteiger partial charge in [0.05, 0.1) is 30.1 Å². The Balaban J connectivity index is 0.00000125. The van der Waals surface area contributed by atoms with Crippen LogP contribution in [0.25, 0.3) is 15.8 Å². The standard InChI is InChI=1S/C16H13N3OS.ClH/c1-2-4-12-10(3-1)14-15(21-12)13-11(5-8-20-14)16-17-6-7-19(16)9-18-13;/h1-4,9H,5-8H2;1H. The summed E-state index contributed by atoms with van der Waals surface area (Å²) in [6.45, 7) is 2.49. The normalized spacial score (nSPS) is 18.9. The van der Waals surface area contributed by atoms with Crippen LogP contribution in [-0.4, -0.2) is 36.8 Å². The first-order chi connectivity index (χ1) is 10.4. The fourth-order valence-electron chi connectivity index (χ4n) is 3.15. The van der Waals surface area contributed by atoms with Gasteiger partial charge in [0.2, 0.25) is 0 Å². The van der Waals surface area contributed by atoms with E-state index in [-0.39, 0.29) is 12.4 Å². The van der Waals surface area contributed by atoms with Crippen molar-refractivity contribution in [2.24, 2.45) is 9.98 Å². The van der Waals surface area contributed by atoms with E-state index in [4.69, 9.17) is 9.73 Å². The number of ether oxygens (including phenoxy) is 1. The van der Waals surface area contributed by atoms with E-state index in [1.807, 2.05) is 6.34 Å². The molecule has 4 heterocycles. The Bertz CT molecular complexity index is 852. The molecule has 112 valence electrons. The Labute approximate surface area is 138 Å². The SMILES string of the molecule is C1=NC2=C(CCOc3c2sc2ccccc32)C2=NCCN12.Cl. The Morgan fingerprint density at radius 2 is 2.14 bits per heavy atom. The minimum absolute atomic E-state index is 0. The van der Waals surface area contributed by atoms with Gasteiger partial charge in [-0.15, -0.1) is 23.7 Å². The number of fused-ring (bicyclic) bond motifs is 6. The highest BCUT2D eigenvalue weighted by atomic mass is 35.5. The summed E-state index contributed by atoms with van der Waals surface area (Å²) in [5.41, 5.74) is 2.29. The average molecular weight is 332 g/mol. The summed E-state index contributed by atoms with van der Waals surface area (Å²) in [6, 6.07) is 8.40. The molecule has 0 N–H and O–H groups in total. The zero-order valence-electron chi connectivity index (χ0n) is 11.8. The second-order valence-electron chi connectivity index (χ2n) is 5.33. The van der Waals surface area contributed by atoms with Gasteiger partial charge in [-0.05, 0) is 12.1 Å². The van der Waals surface area contributed by atoms with Gasteiger partial charge >= 0.3 is 0 Å². The molecule has 4 nitrogen and oxygen atoms in total. The monoisotopic (exact) mass is 331 g/mol. The summed E-state index contributed by atoms with van der Waals surface area (Å²) in [6.07, 6.45) is 2.79. The summed E-state index contributed by atoms with van der Waals surface area (Å²) < 4.78 is 7.32. The number of thiophene rings is 1. The molecule has 0 saturated carbocycles. The van der Waals surface area contributed by atoms with Crippen molar-refractivity contribution in [3.8, 4) is 5.75 Å². The second kappa shape index (κ2) is 5.11. The van der Waals surface area contributed by atoms with Gasteiger partial charge < -0.3 is 9.64 Å². The molecule has 0 atom stereocenters. The molecule has 2 aromatic rings. The minimum Gasteiger partial charge on any atom is -0.491 e. The Morgan fingerprint density at radius 1 is 1.23 bits per heavy atom. The first kappa shape index (κ1) is 13.8. The van der Waals surface area contributed by atoms with Crippen LogP contribution < -0.4 is 4.74 Å². The van der Waals surface area contributed by atoms with Gasteiger partial charge in [-0.1, -0.05) is 12.1 Å². The maximum absolute atomic E-state index is 6.06. The van der Waals surface area contributed by atoms with Crippen molar-refractivity contribution in [1.29, 1.82) is 0 Å². The molecule has 3 aliphatic heterocycles. The van der Waals surface area contributed by atoms with E-state index >= 15 is 0 Å². The first-order valence-electron chi connectivity index (χ1n) is 7.15. The highest BCUT2D eigenvalue weighted by Gasteiger charge is 2.31. The van der Waals surface area contributed by atoms with Crippen LogP contribution in [-0.2, 0) is 0 Å². The summed E-state index contributed by atoms with van der Waals surface area (Å²) >= 11 is 1.76. The Hall–Kier alpha value is -1.85. The van der Waals surface area contributed by atoms with Gasteiger partial charge in [-0.3, -0.25) is 4.99 Å². The number of amidine groups is 1. The molecule has 6 heteroatoms. The van der Waals surface area contributed by atoms with Crippen molar-refractivity contribution in [2.45, 2.75) is 6.42 Å². The molecule has 0 radical (unpaired) electrons. The van der Waals surface area contributed by atoms with Crippen LogP contribution in [0.3, 0.4) is 0 Å². The number of halogens is 1. The third-order valence-electron chi connectivity index (χ3n) is 4.12. The Kier molecular flexibility index (Phi) is 3.20. The zero-order valence-corrected chi connectivity index (χ0v) is 13.4. The molecule has 5 rings (SSSR count). The number of rotatable bonds is 0. The molecule has 0 unspecified atom stereocenters. The van der Waals surface area contributed by atoms with Crippen molar-refractivity contribution in [2.75, 3.05) is 19.7 Å². The van der Waals surface area contributed by atoms with Crippen LogP contribution in [0.4, 0.5) is 0 Å². The van der Waals surface area contributed by atoms with Crippen molar-refractivity contribution >= 4 is 51.7 Å². The Morgan fingerprint density at radius 3 is 3.09 bits per heavy atom. The number of aliphatic imine (C=N–C) groups is 2. The van der Waals surface area contributed by atoms with E-state index in [1.54, 1.807) is 11.3 Å². The van der Waals surface area contributed by atoms with Crippen molar-refractivity contribution in [3.63, 3.8) is 0 Å². The predicted molar refractivity (Wildman–Crippen MR) is 93.6 cm³/mol. The van der Waals surface area contributed by atoms with Crippen LogP contribution in [0.15, 0.2) is 39.8 Å². The minimum atomic E-state index is 0. The molecule has 0 saturated heterocycles. The molecule has 0 amide bonds. The van der Waals surface area contributed by atoms with Crippen LogP contribution in [0, 0.1) is 0 Å². The summed E-state index contributed by atoms with van der Waals surface area (Å²) in [7, 11) is 0. The number of nitrogens with zero attached hydrogens (tertiary/aromatic N) is 3. The summed E-state index contributed by atoms with van der Waals surface area (Å²) in [4.78, 5) is 12.7. The lowest BCUT2D eigenvalue weighted by atomic mass is 10.1. The molecule has 1 aromatic carbocycles. The first-order valence-corrected chi connectivity index (χ1v) is 7.97. The smallest absolute Gasteiger partial charge is 0.147 e. The molecule has 3 aliphatic rings. The van der Waals surface area contributed by atoms with Crippen molar-refractivity contribution in [3.05, 3.63) is 34.7 Å². The third-order valence-corrected chi connectivity index (χ3v) is 5.28. The van der Waals surface area contributed by atoms with Gasteiger partial charge in [0.25, 0.3) is 0 Å². The molecule has 0 fully saturated rings. The lowest BCUT2D eigenvalue weighted by Gasteiger charge is -2.21. The van der Waals surface area contributed by atoms with E-state index in [9.17, 15) is 0 Å². The van der Waals surface area contributed by atoms with Gasteiger partial charge in [0.1, 0.15) is 11.6 Å². The molecule has 1 aromatic heterocycles. The summed E-state index contributed by atoms with van der Waals surface area (Å²) in [5, 5.41) is 1.19. The lowest BCUT2D eigenvalue weighted by molar-refractivity contribution is 0.330. The highest BCUT2D eigenvalue weighted by molar-refractivity contribution is 7.20.